The smallest absolute Gasteiger partial charge is 0.261 e. The second-order valence-corrected chi connectivity index (χ2v) is 6.81. The van der Waals surface area contributed by atoms with Gasteiger partial charge in [0.05, 0.1) is 6.54 Å². The number of amides is 1. The van der Waals surface area contributed by atoms with Crippen LogP contribution in [0.3, 0.4) is 0 Å². The van der Waals surface area contributed by atoms with Gasteiger partial charge in [-0.25, -0.2) is 0 Å². The fraction of sp³-hybridized carbons (Fsp3) is 0.474. The zero-order valence-electron chi connectivity index (χ0n) is 14.1. The van der Waals surface area contributed by atoms with Gasteiger partial charge in [-0.15, -0.1) is 0 Å². The summed E-state index contributed by atoms with van der Waals surface area (Å²) < 4.78 is 11.2. The molecule has 0 saturated carbocycles. The molecule has 0 fully saturated rings. The normalized spacial score (nSPS) is 18.7. The number of carbonyl (C=O) groups excluding carboxylic acids is 1. The average Bonchev–Trinajstić information content (AvgIpc) is 3.17. The van der Waals surface area contributed by atoms with Gasteiger partial charge < -0.3 is 14.6 Å². The molecule has 1 aliphatic heterocycles. The molecule has 2 aliphatic rings. The topological polar surface area (TPSA) is 64.4 Å². The van der Waals surface area contributed by atoms with Crippen LogP contribution in [-0.4, -0.2) is 17.2 Å². The number of rotatable bonds is 3. The van der Waals surface area contributed by atoms with Crippen LogP contribution in [0.4, 0.5) is 0 Å². The van der Waals surface area contributed by atoms with Gasteiger partial charge in [0.25, 0.3) is 5.91 Å². The third kappa shape index (κ3) is 2.68. The first-order valence-electron chi connectivity index (χ1n) is 8.62. The Morgan fingerprint density at radius 1 is 1.25 bits per heavy atom. The summed E-state index contributed by atoms with van der Waals surface area (Å²) in [4.78, 5) is 12.5. The molecule has 2 heterocycles. The van der Waals surface area contributed by atoms with E-state index < -0.39 is 6.10 Å². The van der Waals surface area contributed by atoms with Gasteiger partial charge in [-0.05, 0) is 55.9 Å². The van der Waals surface area contributed by atoms with E-state index in [-0.39, 0.29) is 5.91 Å². The van der Waals surface area contributed by atoms with Crippen LogP contribution in [-0.2, 0) is 30.6 Å². The Kier molecular flexibility index (Phi) is 3.79. The molecule has 0 radical (unpaired) electrons. The minimum absolute atomic E-state index is 0.0888. The van der Waals surface area contributed by atoms with E-state index >= 15 is 0 Å². The van der Waals surface area contributed by atoms with Crippen LogP contribution in [0.25, 0.3) is 0 Å². The Labute approximate surface area is 141 Å². The molecule has 0 saturated heterocycles. The fourth-order valence-corrected chi connectivity index (χ4v) is 3.53. The molecular formula is C19H22N2O3. The van der Waals surface area contributed by atoms with Crippen LogP contribution < -0.4 is 10.1 Å². The van der Waals surface area contributed by atoms with Crippen molar-refractivity contribution in [3.63, 3.8) is 0 Å². The van der Waals surface area contributed by atoms with Crippen LogP contribution in [0.15, 0.2) is 16.7 Å². The van der Waals surface area contributed by atoms with E-state index in [4.69, 9.17) is 9.26 Å². The number of aromatic nitrogens is 1. The van der Waals surface area contributed by atoms with E-state index in [1.807, 2.05) is 6.07 Å². The monoisotopic (exact) mass is 326 g/mol. The first kappa shape index (κ1) is 15.2. The lowest BCUT2D eigenvalue weighted by atomic mass is 9.96. The molecule has 5 heteroatoms. The summed E-state index contributed by atoms with van der Waals surface area (Å²) in [5.41, 5.74) is 5.57. The van der Waals surface area contributed by atoms with Crippen molar-refractivity contribution in [3.8, 4) is 5.75 Å². The highest BCUT2D eigenvalue weighted by molar-refractivity contribution is 5.82. The highest BCUT2D eigenvalue weighted by atomic mass is 16.5. The third-order valence-electron chi connectivity index (χ3n) is 5.11. The van der Waals surface area contributed by atoms with E-state index in [0.717, 1.165) is 48.5 Å². The molecule has 126 valence electrons. The van der Waals surface area contributed by atoms with E-state index in [1.54, 1.807) is 0 Å². The van der Waals surface area contributed by atoms with Gasteiger partial charge in [0.1, 0.15) is 17.2 Å². The van der Waals surface area contributed by atoms with Gasteiger partial charge in [-0.1, -0.05) is 11.2 Å². The molecule has 1 N–H and O–H groups in total. The average molecular weight is 326 g/mol. The largest absolute Gasteiger partial charge is 0.480 e. The summed E-state index contributed by atoms with van der Waals surface area (Å²) in [7, 11) is 0. The zero-order chi connectivity index (χ0) is 16.7. The maximum Gasteiger partial charge on any atom is 0.261 e. The van der Waals surface area contributed by atoms with Crippen molar-refractivity contribution in [1.82, 2.24) is 10.5 Å². The number of fused-ring (bicyclic) bond motifs is 2. The van der Waals surface area contributed by atoms with Crippen molar-refractivity contribution >= 4 is 5.91 Å². The highest BCUT2D eigenvalue weighted by Gasteiger charge is 2.30. The number of hydrogen-bond acceptors (Lipinski definition) is 4. The summed E-state index contributed by atoms with van der Waals surface area (Å²) >= 11 is 0. The number of ether oxygens (including phenoxy) is 1. The first-order valence-corrected chi connectivity index (χ1v) is 8.62. The van der Waals surface area contributed by atoms with Gasteiger partial charge in [0, 0.05) is 18.4 Å². The molecule has 5 nitrogen and oxygen atoms in total. The van der Waals surface area contributed by atoms with Crippen LogP contribution in [0.5, 0.6) is 5.75 Å². The SMILES string of the molecule is Cc1cc2c(cc1C)OC(C(=O)NCc1noc3c1CCCC3)C2. The standard InChI is InChI=1S/C19H22N2O3/c1-11-7-13-9-18(23-17(13)8-12(11)2)19(22)20-10-15-14-5-3-4-6-16(14)24-21-15/h7-8,18H,3-6,9-10H2,1-2H3,(H,20,22). The van der Waals surface area contributed by atoms with E-state index in [1.165, 1.54) is 16.7 Å². The Morgan fingerprint density at radius 3 is 2.92 bits per heavy atom. The molecule has 1 aromatic heterocycles. The van der Waals surface area contributed by atoms with Crippen molar-refractivity contribution in [2.24, 2.45) is 0 Å². The molecule has 24 heavy (non-hydrogen) atoms. The van der Waals surface area contributed by atoms with Crippen molar-refractivity contribution in [2.45, 2.75) is 58.6 Å². The maximum absolute atomic E-state index is 12.5. The Hall–Kier alpha value is -2.30. The maximum atomic E-state index is 12.5. The predicted molar refractivity (Wildman–Crippen MR) is 89.0 cm³/mol. The predicted octanol–water partition coefficient (Wildman–Crippen LogP) is 2.79. The molecule has 2 aromatic rings. The number of hydrogen-bond donors (Lipinski definition) is 1. The molecule has 0 bridgehead atoms. The number of aryl methyl sites for hydroxylation is 3. The van der Waals surface area contributed by atoms with Gasteiger partial charge in [-0.3, -0.25) is 4.79 Å². The number of carbonyl (C=O) groups is 1. The fourth-order valence-electron chi connectivity index (χ4n) is 3.53. The second-order valence-electron chi connectivity index (χ2n) is 6.81. The lowest BCUT2D eigenvalue weighted by Gasteiger charge is -2.12. The highest BCUT2D eigenvalue weighted by Crippen LogP contribution is 2.31. The molecule has 1 aliphatic carbocycles. The van der Waals surface area contributed by atoms with Gasteiger partial charge >= 0.3 is 0 Å². The van der Waals surface area contributed by atoms with Crippen LogP contribution >= 0.6 is 0 Å². The van der Waals surface area contributed by atoms with E-state index in [2.05, 4.69) is 30.4 Å². The molecular weight excluding hydrogens is 304 g/mol. The summed E-state index contributed by atoms with van der Waals surface area (Å²) in [6.45, 7) is 4.54. The lowest BCUT2D eigenvalue weighted by molar-refractivity contribution is -0.127. The van der Waals surface area contributed by atoms with Gasteiger partial charge in [0.2, 0.25) is 0 Å². The number of nitrogens with zero attached hydrogens (tertiary/aromatic N) is 1. The van der Waals surface area contributed by atoms with Crippen molar-refractivity contribution < 1.29 is 14.1 Å². The zero-order valence-corrected chi connectivity index (χ0v) is 14.1. The van der Waals surface area contributed by atoms with E-state index in [0.29, 0.717) is 13.0 Å². The molecule has 1 aromatic carbocycles. The quantitative estimate of drug-likeness (QED) is 0.942. The summed E-state index contributed by atoms with van der Waals surface area (Å²) in [5, 5.41) is 7.08. The molecule has 1 amide bonds. The van der Waals surface area contributed by atoms with Crippen molar-refractivity contribution in [2.75, 3.05) is 0 Å². The van der Waals surface area contributed by atoms with Crippen LogP contribution in [0, 0.1) is 13.8 Å². The van der Waals surface area contributed by atoms with E-state index in [9.17, 15) is 4.79 Å². The minimum Gasteiger partial charge on any atom is -0.480 e. The van der Waals surface area contributed by atoms with Crippen molar-refractivity contribution in [3.05, 3.63) is 45.8 Å². The third-order valence-corrected chi connectivity index (χ3v) is 5.11. The Bertz CT molecular complexity index is 763. The first-order chi connectivity index (χ1) is 11.6. The Balaban J connectivity index is 1.40. The Morgan fingerprint density at radius 2 is 2.04 bits per heavy atom. The number of nitrogens with one attached hydrogen (secondary N) is 1. The summed E-state index contributed by atoms with van der Waals surface area (Å²) in [6.07, 6.45) is 4.43. The summed E-state index contributed by atoms with van der Waals surface area (Å²) in [6, 6.07) is 4.14. The molecule has 4 rings (SSSR count). The lowest BCUT2D eigenvalue weighted by Crippen LogP contribution is -2.37. The van der Waals surface area contributed by atoms with Gasteiger partial charge in [-0.2, -0.15) is 0 Å². The summed E-state index contributed by atoms with van der Waals surface area (Å²) in [5.74, 6) is 1.73. The van der Waals surface area contributed by atoms with Crippen LogP contribution in [0.1, 0.15) is 46.5 Å². The van der Waals surface area contributed by atoms with Crippen LogP contribution in [0.2, 0.25) is 0 Å². The molecule has 1 unspecified atom stereocenters. The molecule has 0 spiro atoms. The van der Waals surface area contributed by atoms with Crippen molar-refractivity contribution in [1.29, 1.82) is 0 Å². The number of benzene rings is 1. The minimum atomic E-state index is -0.455. The second kappa shape index (κ2) is 5.96. The van der Waals surface area contributed by atoms with Gasteiger partial charge in [0.15, 0.2) is 6.10 Å². The molecule has 1 atom stereocenters.